The number of halogens is 1. The number of hydrogen-bond acceptors (Lipinski definition) is 5. The second-order valence-electron chi connectivity index (χ2n) is 4.32. The standard InChI is InChI=1S/C12H10FN5O2S/c1-8-7-9(3-4-10(8)13)21(19,20)17-11-15-12-14-5-2-6-18(12)16-11/h2-7H,1H3,(H,16,17). The Labute approximate surface area is 119 Å². The molecule has 0 unspecified atom stereocenters. The number of anilines is 1. The number of fused-ring (bicyclic) bond motifs is 1. The Balaban J connectivity index is 1.96. The minimum atomic E-state index is -3.88. The lowest BCUT2D eigenvalue weighted by Crippen LogP contribution is -2.14. The number of rotatable bonds is 3. The van der Waals surface area contributed by atoms with E-state index < -0.39 is 15.8 Å². The number of sulfonamides is 1. The van der Waals surface area contributed by atoms with Gasteiger partial charge in [-0.25, -0.2) is 27.0 Å². The van der Waals surface area contributed by atoms with E-state index in [1.165, 1.54) is 29.8 Å². The Morgan fingerprint density at radius 2 is 2.14 bits per heavy atom. The van der Waals surface area contributed by atoms with Crippen molar-refractivity contribution in [1.29, 1.82) is 0 Å². The summed E-state index contributed by atoms with van der Waals surface area (Å²) >= 11 is 0. The van der Waals surface area contributed by atoms with Crippen LogP contribution in [0.5, 0.6) is 0 Å². The molecule has 0 atom stereocenters. The molecule has 0 saturated heterocycles. The van der Waals surface area contributed by atoms with Crippen LogP contribution < -0.4 is 4.72 Å². The molecule has 0 spiro atoms. The number of nitrogens with zero attached hydrogens (tertiary/aromatic N) is 4. The maximum atomic E-state index is 13.2. The minimum Gasteiger partial charge on any atom is -0.246 e. The molecule has 2 heterocycles. The van der Waals surface area contributed by atoms with Gasteiger partial charge >= 0.3 is 0 Å². The molecule has 0 aliphatic rings. The van der Waals surface area contributed by atoms with Crippen molar-refractivity contribution in [3.8, 4) is 0 Å². The van der Waals surface area contributed by atoms with Crippen LogP contribution in [0, 0.1) is 12.7 Å². The highest BCUT2D eigenvalue weighted by molar-refractivity contribution is 7.92. The SMILES string of the molecule is Cc1cc(S(=O)(=O)Nc2nc3ncccn3n2)ccc1F. The first-order valence-electron chi connectivity index (χ1n) is 5.92. The zero-order valence-electron chi connectivity index (χ0n) is 10.9. The second-order valence-corrected chi connectivity index (χ2v) is 6.00. The van der Waals surface area contributed by atoms with Gasteiger partial charge in [0.1, 0.15) is 5.82 Å². The summed E-state index contributed by atoms with van der Waals surface area (Å²) in [5.41, 5.74) is 0.238. The van der Waals surface area contributed by atoms with Crippen LogP contribution in [0.4, 0.5) is 10.3 Å². The maximum Gasteiger partial charge on any atom is 0.264 e. The summed E-state index contributed by atoms with van der Waals surface area (Å²) in [6.45, 7) is 1.49. The predicted molar refractivity (Wildman–Crippen MR) is 72.7 cm³/mol. The van der Waals surface area contributed by atoms with Gasteiger partial charge in [0.2, 0.25) is 0 Å². The second kappa shape index (κ2) is 4.77. The normalized spacial score (nSPS) is 11.7. The van der Waals surface area contributed by atoms with E-state index in [1.54, 1.807) is 12.3 Å². The monoisotopic (exact) mass is 307 g/mol. The van der Waals surface area contributed by atoms with Gasteiger partial charge in [-0.05, 0) is 36.8 Å². The van der Waals surface area contributed by atoms with Crippen LogP contribution in [0.15, 0.2) is 41.6 Å². The van der Waals surface area contributed by atoms with Crippen LogP contribution in [0.3, 0.4) is 0 Å². The molecule has 108 valence electrons. The Morgan fingerprint density at radius 3 is 2.86 bits per heavy atom. The van der Waals surface area contributed by atoms with Crippen LogP contribution >= 0.6 is 0 Å². The third-order valence-corrected chi connectivity index (χ3v) is 4.11. The van der Waals surface area contributed by atoms with Gasteiger partial charge in [0.05, 0.1) is 4.90 Å². The molecule has 0 saturated carbocycles. The lowest BCUT2D eigenvalue weighted by molar-refractivity contribution is 0.598. The molecule has 3 rings (SSSR count). The zero-order chi connectivity index (χ0) is 15.0. The van der Waals surface area contributed by atoms with Crippen molar-refractivity contribution < 1.29 is 12.8 Å². The van der Waals surface area contributed by atoms with Crippen molar-refractivity contribution >= 4 is 21.7 Å². The summed E-state index contributed by atoms with van der Waals surface area (Å²) in [6, 6.07) is 5.16. The number of nitrogens with one attached hydrogen (secondary N) is 1. The van der Waals surface area contributed by atoms with E-state index in [0.717, 1.165) is 6.07 Å². The van der Waals surface area contributed by atoms with Gasteiger partial charge in [-0.15, -0.1) is 5.10 Å². The van der Waals surface area contributed by atoms with Gasteiger partial charge in [0, 0.05) is 12.4 Å². The summed E-state index contributed by atoms with van der Waals surface area (Å²) in [4.78, 5) is 7.81. The molecule has 2 aromatic heterocycles. The molecule has 0 bridgehead atoms. The molecular weight excluding hydrogens is 297 g/mol. The van der Waals surface area contributed by atoms with Gasteiger partial charge < -0.3 is 0 Å². The van der Waals surface area contributed by atoms with Crippen LogP contribution in [0.25, 0.3) is 5.78 Å². The van der Waals surface area contributed by atoms with Crippen molar-refractivity contribution in [3.63, 3.8) is 0 Å². The summed E-state index contributed by atoms with van der Waals surface area (Å²) in [5, 5.41) is 3.94. The third-order valence-electron chi connectivity index (χ3n) is 2.78. The first-order chi connectivity index (χ1) is 9.95. The van der Waals surface area contributed by atoms with Crippen molar-refractivity contribution in [2.24, 2.45) is 0 Å². The summed E-state index contributed by atoms with van der Waals surface area (Å²) in [6.07, 6.45) is 3.11. The molecule has 1 N–H and O–H groups in total. The van der Waals surface area contributed by atoms with E-state index in [1.807, 2.05) is 0 Å². The molecule has 0 aliphatic heterocycles. The molecule has 0 fully saturated rings. The van der Waals surface area contributed by atoms with Gasteiger partial charge in [0.15, 0.2) is 0 Å². The highest BCUT2D eigenvalue weighted by Gasteiger charge is 2.18. The van der Waals surface area contributed by atoms with E-state index >= 15 is 0 Å². The van der Waals surface area contributed by atoms with Crippen molar-refractivity contribution in [2.75, 3.05) is 4.72 Å². The average molecular weight is 307 g/mol. The van der Waals surface area contributed by atoms with Crippen LogP contribution in [-0.2, 0) is 10.0 Å². The Morgan fingerprint density at radius 1 is 1.33 bits per heavy atom. The molecule has 3 aromatic rings. The van der Waals surface area contributed by atoms with Crippen LogP contribution in [-0.4, -0.2) is 28.0 Å². The highest BCUT2D eigenvalue weighted by Crippen LogP contribution is 2.17. The molecule has 21 heavy (non-hydrogen) atoms. The van der Waals surface area contributed by atoms with Crippen molar-refractivity contribution in [1.82, 2.24) is 19.6 Å². The Bertz CT molecular complexity index is 889. The molecule has 0 radical (unpaired) electrons. The topological polar surface area (TPSA) is 89.2 Å². The molecule has 0 aliphatic carbocycles. The van der Waals surface area contributed by atoms with E-state index in [4.69, 9.17) is 0 Å². The summed E-state index contributed by atoms with van der Waals surface area (Å²) in [5.74, 6) is -0.301. The quantitative estimate of drug-likeness (QED) is 0.789. The fraction of sp³-hybridized carbons (Fsp3) is 0.0833. The van der Waals surface area contributed by atoms with Gasteiger partial charge in [-0.1, -0.05) is 0 Å². The van der Waals surface area contributed by atoms with Gasteiger partial charge in [0.25, 0.3) is 21.7 Å². The number of benzene rings is 1. The molecule has 0 amide bonds. The highest BCUT2D eigenvalue weighted by atomic mass is 32.2. The number of aryl methyl sites for hydroxylation is 1. The van der Waals surface area contributed by atoms with E-state index in [9.17, 15) is 12.8 Å². The van der Waals surface area contributed by atoms with E-state index in [0.29, 0.717) is 0 Å². The number of aromatic nitrogens is 4. The smallest absolute Gasteiger partial charge is 0.246 e. The van der Waals surface area contributed by atoms with Gasteiger partial charge in [-0.2, -0.15) is 4.98 Å². The largest absolute Gasteiger partial charge is 0.264 e. The maximum absolute atomic E-state index is 13.2. The van der Waals surface area contributed by atoms with Crippen LogP contribution in [0.1, 0.15) is 5.56 Å². The van der Waals surface area contributed by atoms with Crippen molar-refractivity contribution in [3.05, 3.63) is 48.0 Å². The lowest BCUT2D eigenvalue weighted by atomic mass is 10.2. The third kappa shape index (κ3) is 2.55. The predicted octanol–water partition coefficient (Wildman–Crippen LogP) is 1.37. The molecular formula is C12H10FN5O2S. The van der Waals surface area contributed by atoms with Crippen molar-refractivity contribution in [2.45, 2.75) is 11.8 Å². The van der Waals surface area contributed by atoms with Gasteiger partial charge in [-0.3, -0.25) is 0 Å². The van der Waals surface area contributed by atoms with E-state index in [2.05, 4.69) is 19.8 Å². The Hall–Kier alpha value is -2.55. The average Bonchev–Trinajstić information content (AvgIpc) is 2.82. The fourth-order valence-corrected chi connectivity index (χ4v) is 2.76. The van der Waals surface area contributed by atoms with E-state index in [-0.39, 0.29) is 22.2 Å². The first-order valence-corrected chi connectivity index (χ1v) is 7.40. The number of hydrogen-bond donors (Lipinski definition) is 1. The lowest BCUT2D eigenvalue weighted by Gasteiger charge is -2.05. The summed E-state index contributed by atoms with van der Waals surface area (Å²) in [7, 11) is -3.88. The van der Waals surface area contributed by atoms with Crippen LogP contribution in [0.2, 0.25) is 0 Å². The zero-order valence-corrected chi connectivity index (χ0v) is 11.7. The summed E-state index contributed by atoms with van der Waals surface area (Å²) < 4.78 is 41.2. The molecule has 9 heteroatoms. The first kappa shape index (κ1) is 13.4. The molecule has 1 aromatic carbocycles. The molecule has 7 nitrogen and oxygen atoms in total. The Kier molecular flexibility index (Phi) is 3.05. The fourth-order valence-electron chi connectivity index (χ4n) is 1.74. The minimum absolute atomic E-state index is 0.0618.